The molecule has 0 aliphatic rings. The lowest BCUT2D eigenvalue weighted by Gasteiger charge is -1.95. The van der Waals surface area contributed by atoms with Crippen LogP contribution >= 0.6 is 0 Å². The van der Waals surface area contributed by atoms with Crippen molar-refractivity contribution in [2.45, 2.75) is 0 Å². The van der Waals surface area contributed by atoms with Gasteiger partial charge in [-0.2, -0.15) is 0 Å². The summed E-state index contributed by atoms with van der Waals surface area (Å²) in [6, 6.07) is -0.859. The Morgan fingerprint density at radius 1 is 1.07 bits per heavy atom. The second-order valence-corrected chi connectivity index (χ2v) is 1.68. The first-order valence-corrected chi connectivity index (χ1v) is 3.10. The zero-order valence-corrected chi connectivity index (χ0v) is 6.52. The molecule has 0 N–H and O–H groups in total. The zero-order valence-electron chi connectivity index (χ0n) is 6.52. The summed E-state index contributed by atoms with van der Waals surface area (Å²) in [7, 11) is 0. The van der Waals surface area contributed by atoms with Crippen molar-refractivity contribution >= 4 is 19.4 Å². The Labute approximate surface area is 76.1 Å². The molecule has 9 nitrogen and oxygen atoms in total. The quantitative estimate of drug-likeness (QED) is 0.483. The lowest BCUT2D eigenvalue weighted by atomic mass is 11.1. The van der Waals surface area contributed by atoms with E-state index in [0.717, 1.165) is 0 Å². The highest BCUT2D eigenvalue weighted by molar-refractivity contribution is 5.44. The molecular weight excluding hydrogens is 198 g/mol. The molecule has 0 spiro atoms. The number of hydrogen-bond acceptors (Lipinski definition) is 8. The monoisotopic (exact) mass is 201 g/mol. The molecule has 74 valence electrons. The number of carbonyl (C=O) groups is 3. The molecular formula is C5H3N3O6. The average molecular weight is 201 g/mol. The molecule has 0 aliphatic heterocycles. The number of nitrogens with zero attached hydrogens (tertiary/aromatic N) is 3. The largest absolute Gasteiger partial charge is 0.392 e. The van der Waals surface area contributed by atoms with E-state index in [-0.39, 0.29) is 19.4 Å². The van der Waals surface area contributed by atoms with Crippen molar-refractivity contribution in [1.82, 2.24) is 14.9 Å². The fourth-order valence-electron chi connectivity index (χ4n) is 0.584. The van der Waals surface area contributed by atoms with Crippen LogP contribution in [0.5, 0.6) is 12.0 Å². The highest BCUT2D eigenvalue weighted by Gasteiger charge is 2.13. The highest BCUT2D eigenvalue weighted by atomic mass is 16.7. The summed E-state index contributed by atoms with van der Waals surface area (Å²) >= 11 is 0. The molecule has 1 rings (SSSR count). The maximum absolute atomic E-state index is 9.94. The van der Waals surface area contributed by atoms with E-state index >= 15 is 0 Å². The van der Waals surface area contributed by atoms with Gasteiger partial charge in [-0.05, 0) is 4.85 Å². The van der Waals surface area contributed by atoms with Crippen LogP contribution < -0.4 is 14.3 Å². The van der Waals surface area contributed by atoms with Crippen LogP contribution in [0.4, 0.5) is 0 Å². The molecule has 0 radical (unpaired) electrons. The van der Waals surface area contributed by atoms with Gasteiger partial charge in [-0.25, -0.2) is 0 Å². The molecule has 1 heterocycles. The van der Waals surface area contributed by atoms with Crippen LogP contribution in [-0.2, 0) is 14.4 Å². The smallest absolute Gasteiger partial charge is 0.362 e. The van der Waals surface area contributed by atoms with Crippen LogP contribution in [-0.4, -0.2) is 34.3 Å². The number of ether oxygens (including phenoxy) is 2. The van der Waals surface area contributed by atoms with E-state index in [2.05, 4.69) is 24.4 Å². The lowest BCUT2D eigenvalue weighted by Crippen LogP contribution is -2.13. The van der Waals surface area contributed by atoms with Gasteiger partial charge in [0.05, 0.1) is 0 Å². The van der Waals surface area contributed by atoms with Gasteiger partial charge in [-0.1, -0.05) is 5.10 Å². The fraction of sp³-hybridized carbons (Fsp3) is 0. The van der Waals surface area contributed by atoms with Crippen LogP contribution in [0.25, 0.3) is 0 Å². The SMILES string of the molecule is O=COc1nc(OC=O)n(OC=O)n1. The van der Waals surface area contributed by atoms with E-state index in [1.165, 1.54) is 0 Å². The Morgan fingerprint density at radius 3 is 2.36 bits per heavy atom. The molecule has 0 unspecified atom stereocenters. The van der Waals surface area contributed by atoms with Gasteiger partial charge in [0.15, 0.2) is 0 Å². The standard InChI is InChI=1S/C5H3N3O6/c9-1-12-4-6-5(13-2-10)8(7-4)14-3-11/h1-3H. The minimum atomic E-state index is -0.441. The Balaban J connectivity index is 2.91. The summed E-state index contributed by atoms with van der Waals surface area (Å²) in [6.45, 7) is 0.127. The minimum absolute atomic E-state index is 0.0248. The molecule has 14 heavy (non-hydrogen) atoms. The Hall–Kier alpha value is -2.45. The molecule has 1 aromatic rings. The van der Waals surface area contributed by atoms with Crippen LogP contribution in [0.2, 0.25) is 0 Å². The maximum Gasteiger partial charge on any atom is 0.362 e. The normalized spacial score (nSPS) is 8.86. The Bertz CT molecular complexity index is 320. The van der Waals surface area contributed by atoms with E-state index in [4.69, 9.17) is 0 Å². The Morgan fingerprint density at radius 2 is 1.79 bits per heavy atom. The third-order valence-electron chi connectivity index (χ3n) is 0.981. The van der Waals surface area contributed by atoms with Gasteiger partial charge in [0.25, 0.3) is 0 Å². The topological polar surface area (TPSA) is 110 Å². The summed E-state index contributed by atoms with van der Waals surface area (Å²) in [5.41, 5.74) is 0. The molecule has 9 heteroatoms. The minimum Gasteiger partial charge on any atom is -0.392 e. The maximum atomic E-state index is 9.94. The summed E-state index contributed by atoms with van der Waals surface area (Å²) in [4.78, 5) is 37.8. The molecule has 0 aromatic carbocycles. The fourth-order valence-corrected chi connectivity index (χ4v) is 0.584. The molecule has 0 bridgehead atoms. The first-order chi connectivity index (χ1) is 6.81. The van der Waals surface area contributed by atoms with Crippen molar-refractivity contribution in [3.63, 3.8) is 0 Å². The summed E-state index contributed by atoms with van der Waals surface area (Å²) in [6.07, 6.45) is 0. The second-order valence-electron chi connectivity index (χ2n) is 1.68. The number of aromatic nitrogens is 3. The summed E-state index contributed by atoms with van der Waals surface area (Å²) in [5.74, 6) is 0. The van der Waals surface area contributed by atoms with Crippen LogP contribution in [0, 0.1) is 0 Å². The first kappa shape index (κ1) is 9.64. The molecule has 0 atom stereocenters. The van der Waals surface area contributed by atoms with Crippen LogP contribution in [0.1, 0.15) is 0 Å². The van der Waals surface area contributed by atoms with E-state index in [1.807, 2.05) is 0 Å². The summed E-state index contributed by atoms with van der Waals surface area (Å²) in [5, 5.41) is 3.32. The predicted molar refractivity (Wildman–Crippen MR) is 36.1 cm³/mol. The highest BCUT2D eigenvalue weighted by Crippen LogP contribution is 2.09. The van der Waals surface area contributed by atoms with Crippen molar-refractivity contribution in [3.8, 4) is 12.0 Å². The molecule has 0 aliphatic carbocycles. The van der Waals surface area contributed by atoms with E-state index < -0.39 is 12.0 Å². The average Bonchev–Trinajstić information content (AvgIpc) is 2.50. The molecule has 1 aromatic heterocycles. The summed E-state index contributed by atoms with van der Waals surface area (Å²) < 4.78 is 8.45. The van der Waals surface area contributed by atoms with Gasteiger partial charge in [-0.15, -0.1) is 4.98 Å². The number of carbonyl (C=O) groups excluding carboxylic acids is 3. The Kier molecular flexibility index (Phi) is 3.13. The molecule has 0 saturated heterocycles. The second kappa shape index (κ2) is 4.54. The lowest BCUT2D eigenvalue weighted by molar-refractivity contribution is -0.133. The van der Waals surface area contributed by atoms with E-state index in [9.17, 15) is 14.4 Å². The van der Waals surface area contributed by atoms with Crippen LogP contribution in [0.3, 0.4) is 0 Å². The molecule has 0 fully saturated rings. The van der Waals surface area contributed by atoms with Crippen molar-refractivity contribution in [1.29, 1.82) is 0 Å². The molecule has 0 saturated carbocycles. The van der Waals surface area contributed by atoms with Crippen molar-refractivity contribution in [3.05, 3.63) is 0 Å². The third-order valence-corrected chi connectivity index (χ3v) is 0.981. The van der Waals surface area contributed by atoms with Crippen LogP contribution in [0.15, 0.2) is 0 Å². The van der Waals surface area contributed by atoms with Gasteiger partial charge in [0.2, 0.25) is 0 Å². The number of hydrogen-bond donors (Lipinski definition) is 0. The van der Waals surface area contributed by atoms with Crippen molar-refractivity contribution in [2.75, 3.05) is 0 Å². The molecule has 0 amide bonds. The number of rotatable bonds is 6. The van der Waals surface area contributed by atoms with Gasteiger partial charge < -0.3 is 14.3 Å². The predicted octanol–water partition coefficient (Wildman–Crippen LogP) is -2.07. The van der Waals surface area contributed by atoms with E-state index in [0.29, 0.717) is 4.85 Å². The first-order valence-electron chi connectivity index (χ1n) is 3.10. The van der Waals surface area contributed by atoms with E-state index in [1.54, 1.807) is 0 Å². The van der Waals surface area contributed by atoms with Gasteiger partial charge in [-0.3, -0.25) is 14.4 Å². The zero-order chi connectivity index (χ0) is 10.4. The van der Waals surface area contributed by atoms with Crippen molar-refractivity contribution < 1.29 is 28.7 Å². The van der Waals surface area contributed by atoms with Gasteiger partial charge >= 0.3 is 31.4 Å². The van der Waals surface area contributed by atoms with Gasteiger partial charge in [0, 0.05) is 0 Å². The van der Waals surface area contributed by atoms with Crippen molar-refractivity contribution in [2.24, 2.45) is 0 Å². The third kappa shape index (κ3) is 2.03. The van der Waals surface area contributed by atoms with Gasteiger partial charge in [0.1, 0.15) is 0 Å².